The molecule has 1 atom stereocenters. The predicted octanol–water partition coefficient (Wildman–Crippen LogP) is 3.35. The van der Waals surface area contributed by atoms with E-state index in [0.717, 1.165) is 29.4 Å². The second-order valence-corrected chi connectivity index (χ2v) is 7.54. The molecule has 7 heteroatoms. The summed E-state index contributed by atoms with van der Waals surface area (Å²) in [6.45, 7) is 6.55. The maximum Gasteiger partial charge on any atom is 0.312 e. The summed E-state index contributed by atoms with van der Waals surface area (Å²) in [6, 6.07) is 6.46. The van der Waals surface area contributed by atoms with E-state index in [0.29, 0.717) is 13.2 Å². The van der Waals surface area contributed by atoms with Crippen molar-refractivity contribution in [1.82, 2.24) is 9.88 Å². The van der Waals surface area contributed by atoms with Gasteiger partial charge in [0.2, 0.25) is 0 Å². The van der Waals surface area contributed by atoms with E-state index in [9.17, 15) is 9.18 Å². The van der Waals surface area contributed by atoms with E-state index in [1.807, 2.05) is 19.2 Å². The van der Waals surface area contributed by atoms with Crippen LogP contribution in [0.1, 0.15) is 36.2 Å². The molecule has 5 nitrogen and oxygen atoms in total. The number of hydrogen-bond acceptors (Lipinski definition) is 6. The van der Waals surface area contributed by atoms with Gasteiger partial charge in [0, 0.05) is 25.0 Å². The van der Waals surface area contributed by atoms with Crippen LogP contribution < -0.4 is 0 Å². The maximum absolute atomic E-state index is 13.1. The number of thiazole rings is 1. The Kier molecular flexibility index (Phi) is 6.34. The molecule has 1 fully saturated rings. The third-order valence-corrected chi connectivity index (χ3v) is 4.94. The van der Waals surface area contributed by atoms with E-state index < -0.39 is 0 Å². The number of aromatic nitrogens is 1. The molecule has 26 heavy (non-hydrogen) atoms. The van der Waals surface area contributed by atoms with Gasteiger partial charge in [0.05, 0.1) is 30.9 Å². The fourth-order valence-corrected chi connectivity index (χ4v) is 3.66. The topological polar surface area (TPSA) is 51.7 Å². The Morgan fingerprint density at radius 3 is 2.92 bits per heavy atom. The molecular formula is C19H23FN2O3S. The number of benzene rings is 1. The molecule has 0 radical (unpaired) electrons. The summed E-state index contributed by atoms with van der Waals surface area (Å²) in [5, 5.41) is 2.76. The molecule has 140 valence electrons. The highest BCUT2D eigenvalue weighted by molar-refractivity contribution is 7.09. The highest BCUT2D eigenvalue weighted by Crippen LogP contribution is 2.24. The van der Waals surface area contributed by atoms with Crippen molar-refractivity contribution in [1.29, 1.82) is 0 Å². The summed E-state index contributed by atoms with van der Waals surface area (Å²) in [4.78, 5) is 18.6. The largest absolute Gasteiger partial charge is 0.463 e. The summed E-state index contributed by atoms with van der Waals surface area (Å²) in [5.74, 6) is -0.490. The second kappa shape index (κ2) is 8.70. The van der Waals surface area contributed by atoms with Crippen LogP contribution in [0.2, 0.25) is 0 Å². The van der Waals surface area contributed by atoms with Crippen LogP contribution in [0.4, 0.5) is 4.39 Å². The number of ether oxygens (including phenoxy) is 2. The molecule has 1 saturated heterocycles. The van der Waals surface area contributed by atoms with Crippen LogP contribution in [-0.4, -0.2) is 41.7 Å². The van der Waals surface area contributed by atoms with Crippen molar-refractivity contribution in [2.24, 2.45) is 0 Å². The summed E-state index contributed by atoms with van der Waals surface area (Å²) in [7, 11) is 0. The molecule has 0 unspecified atom stereocenters. The van der Waals surface area contributed by atoms with Gasteiger partial charge in [-0.1, -0.05) is 12.1 Å². The molecule has 1 aromatic carbocycles. The summed E-state index contributed by atoms with van der Waals surface area (Å²) in [5.41, 5.74) is 1.92. The van der Waals surface area contributed by atoms with Crippen molar-refractivity contribution in [3.8, 4) is 0 Å². The molecule has 2 aromatic rings. The van der Waals surface area contributed by atoms with Gasteiger partial charge < -0.3 is 9.47 Å². The minimum Gasteiger partial charge on any atom is -0.463 e. The quantitative estimate of drug-likeness (QED) is 0.722. The number of esters is 1. The fourth-order valence-electron chi connectivity index (χ4n) is 2.89. The molecule has 0 amide bonds. The van der Waals surface area contributed by atoms with Crippen LogP contribution in [0, 0.1) is 5.82 Å². The Hall–Kier alpha value is -1.83. The number of halogens is 1. The van der Waals surface area contributed by atoms with Crippen molar-refractivity contribution in [2.45, 2.75) is 39.0 Å². The Morgan fingerprint density at radius 2 is 2.19 bits per heavy atom. The minimum atomic E-state index is -0.247. The smallest absolute Gasteiger partial charge is 0.312 e. The van der Waals surface area contributed by atoms with Gasteiger partial charge in [-0.3, -0.25) is 9.69 Å². The zero-order valence-electron chi connectivity index (χ0n) is 15.0. The molecule has 1 aliphatic rings. The Morgan fingerprint density at radius 1 is 1.42 bits per heavy atom. The number of nitrogens with zero attached hydrogens (tertiary/aromatic N) is 2. The molecule has 1 aliphatic heterocycles. The van der Waals surface area contributed by atoms with Gasteiger partial charge in [-0.15, -0.1) is 11.3 Å². The molecule has 0 saturated carbocycles. The first kappa shape index (κ1) is 18.9. The van der Waals surface area contributed by atoms with Gasteiger partial charge in [-0.25, -0.2) is 9.37 Å². The molecule has 0 aliphatic carbocycles. The van der Waals surface area contributed by atoms with Crippen LogP contribution in [0.3, 0.4) is 0 Å². The van der Waals surface area contributed by atoms with E-state index in [-0.39, 0.29) is 30.4 Å². The molecule has 0 spiro atoms. The predicted molar refractivity (Wildman–Crippen MR) is 97.4 cm³/mol. The van der Waals surface area contributed by atoms with Crippen molar-refractivity contribution in [2.75, 3.05) is 19.7 Å². The van der Waals surface area contributed by atoms with Crippen molar-refractivity contribution >= 4 is 17.3 Å². The zero-order chi connectivity index (χ0) is 18.5. The lowest BCUT2D eigenvalue weighted by Crippen LogP contribution is -2.37. The average Bonchev–Trinajstić information content (AvgIpc) is 3.01. The number of hydrogen-bond donors (Lipinski definition) is 0. The number of carbonyl (C=O) groups is 1. The lowest BCUT2D eigenvalue weighted by atomic mass is 10.1. The van der Waals surface area contributed by atoms with Gasteiger partial charge in [-0.05, 0) is 31.5 Å². The van der Waals surface area contributed by atoms with E-state index in [1.165, 1.54) is 23.5 Å². The highest BCUT2D eigenvalue weighted by Gasteiger charge is 2.23. The summed E-state index contributed by atoms with van der Waals surface area (Å²) in [6.07, 6.45) is 0.0339. The first-order chi connectivity index (χ1) is 12.5. The van der Waals surface area contributed by atoms with Gasteiger partial charge in [0.15, 0.2) is 0 Å². The molecule has 3 rings (SSSR count). The lowest BCUT2D eigenvalue weighted by molar-refractivity contribution is -0.146. The number of rotatable bonds is 6. The molecule has 0 bridgehead atoms. The van der Waals surface area contributed by atoms with Crippen LogP contribution in [0.5, 0.6) is 0 Å². The van der Waals surface area contributed by atoms with Gasteiger partial charge >= 0.3 is 5.97 Å². The lowest BCUT2D eigenvalue weighted by Gasteiger charge is -2.32. The summed E-state index contributed by atoms with van der Waals surface area (Å²) < 4.78 is 24.1. The fraction of sp³-hybridized carbons (Fsp3) is 0.474. The van der Waals surface area contributed by atoms with Crippen LogP contribution >= 0.6 is 11.3 Å². The Bertz CT molecular complexity index is 733. The highest BCUT2D eigenvalue weighted by atomic mass is 32.1. The van der Waals surface area contributed by atoms with Crippen LogP contribution in [0.15, 0.2) is 29.6 Å². The third kappa shape index (κ3) is 5.33. The van der Waals surface area contributed by atoms with E-state index in [4.69, 9.17) is 9.47 Å². The first-order valence-corrected chi connectivity index (χ1v) is 9.60. The van der Waals surface area contributed by atoms with E-state index in [2.05, 4.69) is 9.88 Å². The van der Waals surface area contributed by atoms with Crippen LogP contribution in [-0.2, 0) is 27.2 Å². The normalized spacial score (nSPS) is 18.2. The molecule has 2 heterocycles. The van der Waals surface area contributed by atoms with E-state index >= 15 is 0 Å². The molecular weight excluding hydrogens is 355 g/mol. The van der Waals surface area contributed by atoms with Gasteiger partial charge in [-0.2, -0.15) is 0 Å². The molecule has 0 N–H and O–H groups in total. The van der Waals surface area contributed by atoms with E-state index in [1.54, 1.807) is 12.1 Å². The van der Waals surface area contributed by atoms with Gasteiger partial charge in [0.1, 0.15) is 10.8 Å². The third-order valence-electron chi connectivity index (χ3n) is 4.04. The molecule has 1 aromatic heterocycles. The standard InChI is InChI=1S/C19H23FN2O3S/c1-13(2)25-19(23)9-18-21-16(12-26-18)10-22-7-8-24-17(11-22)14-3-5-15(20)6-4-14/h3-6,12-13,17H,7-11H2,1-2H3/t17-/m0/s1. The monoisotopic (exact) mass is 378 g/mol. The summed E-state index contributed by atoms with van der Waals surface area (Å²) >= 11 is 1.48. The van der Waals surface area contributed by atoms with Crippen molar-refractivity contribution in [3.63, 3.8) is 0 Å². The van der Waals surface area contributed by atoms with Crippen LogP contribution in [0.25, 0.3) is 0 Å². The Balaban J connectivity index is 1.55. The number of carbonyl (C=O) groups excluding carboxylic acids is 1. The second-order valence-electron chi connectivity index (χ2n) is 6.59. The zero-order valence-corrected chi connectivity index (χ0v) is 15.8. The first-order valence-electron chi connectivity index (χ1n) is 8.72. The van der Waals surface area contributed by atoms with Crippen molar-refractivity contribution < 1.29 is 18.7 Å². The minimum absolute atomic E-state index is 0.0662. The average molecular weight is 378 g/mol. The Labute approximate surface area is 156 Å². The van der Waals surface area contributed by atoms with Crippen molar-refractivity contribution in [3.05, 3.63) is 51.7 Å². The SMILES string of the molecule is CC(C)OC(=O)Cc1nc(CN2CCO[C@H](c3ccc(F)cc3)C2)cs1. The van der Waals surface area contributed by atoms with Gasteiger partial charge in [0.25, 0.3) is 0 Å². The maximum atomic E-state index is 13.1. The number of morpholine rings is 1.